The van der Waals surface area contributed by atoms with Crippen LogP contribution in [0.3, 0.4) is 0 Å². The van der Waals surface area contributed by atoms with Crippen molar-refractivity contribution in [1.29, 1.82) is 0 Å². The Morgan fingerprint density at radius 2 is 1.56 bits per heavy atom. The monoisotopic (exact) mass is 454 g/mol. The van der Waals surface area contributed by atoms with E-state index in [4.69, 9.17) is 4.74 Å². The lowest BCUT2D eigenvalue weighted by atomic mass is 10.1. The first-order valence-corrected chi connectivity index (χ1v) is 11.5. The summed E-state index contributed by atoms with van der Waals surface area (Å²) in [5.74, 6) is 0.305. The third-order valence-electron chi connectivity index (χ3n) is 4.64. The normalized spacial score (nSPS) is 12.2. The Kier molecular flexibility index (Phi) is 6.78. The summed E-state index contributed by atoms with van der Waals surface area (Å²) >= 11 is 0. The number of nitrogens with one attached hydrogen (secondary N) is 2. The fraction of sp³-hybridized carbons (Fsp3) is 0.261. The van der Waals surface area contributed by atoms with Gasteiger partial charge in [0.2, 0.25) is 5.95 Å². The van der Waals surface area contributed by atoms with Crippen molar-refractivity contribution in [2.24, 2.45) is 0 Å². The molecule has 0 bridgehead atoms. The van der Waals surface area contributed by atoms with Crippen molar-refractivity contribution in [3.8, 4) is 5.75 Å². The molecule has 32 heavy (non-hydrogen) atoms. The highest BCUT2D eigenvalue weighted by Crippen LogP contribution is 2.21. The first-order chi connectivity index (χ1) is 15.0. The Labute approximate surface area is 188 Å². The molecule has 3 aromatic rings. The van der Waals surface area contributed by atoms with Crippen molar-refractivity contribution < 1.29 is 17.9 Å². The Hall–Kier alpha value is -3.46. The molecule has 9 heteroatoms. The second-order valence-corrected chi connectivity index (χ2v) is 9.30. The fourth-order valence-electron chi connectivity index (χ4n) is 3.09. The lowest BCUT2D eigenvalue weighted by molar-refractivity contribution is -0.122. The van der Waals surface area contributed by atoms with Crippen LogP contribution in [0.15, 0.2) is 53.4 Å². The summed E-state index contributed by atoms with van der Waals surface area (Å²) < 4.78 is 33.4. The lowest BCUT2D eigenvalue weighted by Gasteiger charge is -2.16. The van der Waals surface area contributed by atoms with E-state index < -0.39 is 16.1 Å². The summed E-state index contributed by atoms with van der Waals surface area (Å²) in [4.78, 5) is 20.7. The molecule has 2 N–H and O–H groups in total. The largest absolute Gasteiger partial charge is 0.481 e. The molecule has 0 saturated heterocycles. The summed E-state index contributed by atoms with van der Waals surface area (Å²) in [6.45, 7) is 9.08. The van der Waals surface area contributed by atoms with Gasteiger partial charge in [-0.05, 0) is 76.6 Å². The van der Waals surface area contributed by atoms with Crippen LogP contribution in [0, 0.1) is 27.7 Å². The van der Waals surface area contributed by atoms with E-state index in [1.54, 1.807) is 26.8 Å². The van der Waals surface area contributed by atoms with Crippen LogP contribution in [0.5, 0.6) is 5.75 Å². The summed E-state index contributed by atoms with van der Waals surface area (Å²) in [6, 6.07) is 13.3. The number of ether oxygens (including phenoxy) is 1. The number of benzene rings is 2. The molecule has 1 heterocycles. The molecule has 0 fully saturated rings. The second kappa shape index (κ2) is 9.35. The molecule has 1 aromatic heterocycles. The van der Waals surface area contributed by atoms with E-state index in [1.165, 1.54) is 24.3 Å². The van der Waals surface area contributed by atoms with Crippen LogP contribution in [0.2, 0.25) is 0 Å². The molecule has 3 rings (SSSR count). The molecular formula is C23H26N4O4S. The van der Waals surface area contributed by atoms with Gasteiger partial charge in [0.25, 0.3) is 15.9 Å². The molecule has 0 saturated carbocycles. The Bertz CT molecular complexity index is 1220. The molecule has 8 nitrogen and oxygen atoms in total. The third-order valence-corrected chi connectivity index (χ3v) is 5.99. The van der Waals surface area contributed by atoms with E-state index in [1.807, 2.05) is 32.0 Å². The average molecular weight is 455 g/mol. The van der Waals surface area contributed by atoms with Gasteiger partial charge in [0.15, 0.2) is 6.10 Å². The minimum Gasteiger partial charge on any atom is -0.481 e. The van der Waals surface area contributed by atoms with E-state index in [-0.39, 0.29) is 16.8 Å². The van der Waals surface area contributed by atoms with Crippen molar-refractivity contribution in [3.05, 3.63) is 71.0 Å². The van der Waals surface area contributed by atoms with Crippen LogP contribution in [0.4, 0.5) is 11.6 Å². The smallest absolute Gasteiger partial charge is 0.265 e. The minimum absolute atomic E-state index is 0.0113. The maximum Gasteiger partial charge on any atom is 0.265 e. The molecule has 2 aromatic carbocycles. The van der Waals surface area contributed by atoms with E-state index in [9.17, 15) is 13.2 Å². The van der Waals surface area contributed by atoms with Crippen LogP contribution in [-0.4, -0.2) is 30.4 Å². The zero-order valence-corrected chi connectivity index (χ0v) is 19.4. The third kappa shape index (κ3) is 5.82. The molecular weight excluding hydrogens is 428 g/mol. The van der Waals surface area contributed by atoms with Crippen molar-refractivity contribution in [1.82, 2.24) is 9.97 Å². The topological polar surface area (TPSA) is 110 Å². The van der Waals surface area contributed by atoms with Crippen LogP contribution < -0.4 is 14.8 Å². The number of anilines is 2. The molecule has 0 unspecified atom stereocenters. The number of nitrogens with zero attached hydrogens (tertiary/aromatic N) is 2. The summed E-state index contributed by atoms with van der Waals surface area (Å²) in [6.07, 6.45) is -0.733. The van der Waals surface area contributed by atoms with Crippen LogP contribution >= 0.6 is 0 Å². The van der Waals surface area contributed by atoms with Gasteiger partial charge >= 0.3 is 0 Å². The molecule has 0 aliphatic carbocycles. The number of hydrogen-bond donors (Lipinski definition) is 2. The number of amides is 1. The number of carbonyl (C=O) groups excluding carboxylic acids is 1. The predicted octanol–water partition coefficient (Wildman–Crippen LogP) is 3.92. The molecule has 0 spiro atoms. The Morgan fingerprint density at radius 3 is 2.16 bits per heavy atom. The summed E-state index contributed by atoms with van der Waals surface area (Å²) in [7, 11) is -3.87. The van der Waals surface area contributed by atoms with Crippen LogP contribution in [0.25, 0.3) is 0 Å². The molecule has 0 aliphatic heterocycles. The number of aryl methyl sites for hydroxylation is 4. The van der Waals surface area contributed by atoms with Crippen LogP contribution in [-0.2, 0) is 14.8 Å². The fourth-order valence-corrected chi connectivity index (χ4v) is 4.03. The number of aromatic nitrogens is 2. The SMILES string of the molecule is Cc1ccc(O[C@H](C)C(=O)Nc2ccc(S(=O)(=O)Nc3nc(C)cc(C)n3)cc2)c(C)c1. The highest BCUT2D eigenvalue weighted by atomic mass is 32.2. The number of rotatable bonds is 7. The molecule has 168 valence electrons. The average Bonchev–Trinajstić information content (AvgIpc) is 2.69. The summed E-state index contributed by atoms with van der Waals surface area (Å²) in [5.41, 5.74) is 3.82. The van der Waals surface area contributed by atoms with E-state index in [2.05, 4.69) is 20.0 Å². The highest BCUT2D eigenvalue weighted by molar-refractivity contribution is 7.92. The number of carbonyl (C=O) groups is 1. The van der Waals surface area contributed by atoms with Gasteiger partial charge in [-0.25, -0.2) is 23.1 Å². The van der Waals surface area contributed by atoms with E-state index in [0.717, 1.165) is 11.1 Å². The van der Waals surface area contributed by atoms with Gasteiger partial charge in [-0.2, -0.15) is 0 Å². The van der Waals surface area contributed by atoms with Gasteiger partial charge in [-0.1, -0.05) is 17.7 Å². The van der Waals surface area contributed by atoms with Gasteiger partial charge in [0.05, 0.1) is 4.90 Å². The minimum atomic E-state index is -3.87. The molecule has 1 amide bonds. The molecule has 0 radical (unpaired) electrons. The van der Waals surface area contributed by atoms with Gasteiger partial charge in [-0.15, -0.1) is 0 Å². The van der Waals surface area contributed by atoms with Gasteiger partial charge < -0.3 is 10.1 Å². The zero-order chi connectivity index (χ0) is 23.5. The maximum absolute atomic E-state index is 12.6. The molecule has 0 aliphatic rings. The standard InChI is InChI=1S/C23H26N4O4S/c1-14-6-11-21(15(2)12-14)31-18(5)22(28)26-19-7-9-20(10-8-19)32(29,30)27-23-24-16(3)13-17(4)25-23/h6-13,18H,1-5H3,(H,26,28)(H,24,25,27)/t18-/m1/s1. The predicted molar refractivity (Wildman–Crippen MR) is 123 cm³/mol. The van der Waals surface area contributed by atoms with Crippen molar-refractivity contribution in [2.45, 2.75) is 45.6 Å². The van der Waals surface area contributed by atoms with Crippen molar-refractivity contribution in [3.63, 3.8) is 0 Å². The van der Waals surface area contributed by atoms with Crippen molar-refractivity contribution in [2.75, 3.05) is 10.0 Å². The van der Waals surface area contributed by atoms with Gasteiger partial charge in [0, 0.05) is 17.1 Å². The van der Waals surface area contributed by atoms with Crippen molar-refractivity contribution >= 4 is 27.6 Å². The zero-order valence-electron chi connectivity index (χ0n) is 18.6. The molecule has 1 atom stereocenters. The van der Waals surface area contributed by atoms with Gasteiger partial charge in [0.1, 0.15) is 5.75 Å². The highest BCUT2D eigenvalue weighted by Gasteiger charge is 2.18. The Morgan fingerprint density at radius 1 is 0.938 bits per heavy atom. The first-order valence-electron chi connectivity index (χ1n) is 10.0. The second-order valence-electron chi connectivity index (χ2n) is 7.62. The Balaban J connectivity index is 1.66. The van der Waals surface area contributed by atoms with Gasteiger partial charge in [-0.3, -0.25) is 4.79 Å². The lowest BCUT2D eigenvalue weighted by Crippen LogP contribution is -2.30. The van der Waals surface area contributed by atoms with E-state index >= 15 is 0 Å². The summed E-state index contributed by atoms with van der Waals surface area (Å²) in [5, 5.41) is 2.73. The number of hydrogen-bond acceptors (Lipinski definition) is 6. The quantitative estimate of drug-likeness (QED) is 0.560. The van der Waals surface area contributed by atoms with Crippen LogP contribution in [0.1, 0.15) is 29.4 Å². The number of sulfonamides is 1. The van der Waals surface area contributed by atoms with E-state index in [0.29, 0.717) is 22.8 Å². The first kappa shape index (κ1) is 23.2. The maximum atomic E-state index is 12.6.